The van der Waals surface area contributed by atoms with Crippen molar-refractivity contribution >= 4 is 39.9 Å². The number of carbonyl (C=O) groups excluding carboxylic acids is 5. The monoisotopic (exact) mass is 781 g/mol. The summed E-state index contributed by atoms with van der Waals surface area (Å²) in [6.07, 6.45) is 4.00. The molecule has 5 atom stereocenters. The summed E-state index contributed by atoms with van der Waals surface area (Å²) in [5, 5.41) is 5.45. The van der Waals surface area contributed by atoms with Gasteiger partial charge in [0, 0.05) is 24.4 Å². The standard InChI is InChI=1S/C39H48FN5O9S/c1-38(2,3)54-36(49)41-31-18-11-6-4-5-10-16-27-20-39(27,35(48)43-55(51,52)24-25-13-8-7-9-14-25)42-33(46)32-19-28(22-45(32)34(31)47)53-37(50)44-21-26-15-12-17-30(40)29(26)23-44/h7-10,12-17,27-28,31-32H,4-6,11,18-24H2,1-3H3,(H,41,49)(H,42,46)(H,43,48)/t27-,28-,31+,32+,39-/m1/s1. The van der Waals surface area contributed by atoms with E-state index >= 15 is 0 Å². The van der Waals surface area contributed by atoms with E-state index in [0.29, 0.717) is 36.0 Å². The number of fused-ring (bicyclic) bond motifs is 3. The largest absolute Gasteiger partial charge is 0.444 e. The summed E-state index contributed by atoms with van der Waals surface area (Å²) in [5.41, 5.74) is -0.982. The van der Waals surface area contributed by atoms with Crippen LogP contribution in [-0.2, 0) is 52.7 Å². The van der Waals surface area contributed by atoms with Gasteiger partial charge in [0.2, 0.25) is 21.8 Å². The van der Waals surface area contributed by atoms with Crippen molar-refractivity contribution in [3.8, 4) is 0 Å². The quantitative estimate of drug-likeness (QED) is 0.363. The number of halogens is 1. The summed E-state index contributed by atoms with van der Waals surface area (Å²) < 4.78 is 54.2. The van der Waals surface area contributed by atoms with Gasteiger partial charge in [0.15, 0.2) is 0 Å². The molecule has 5 amide bonds. The van der Waals surface area contributed by atoms with Gasteiger partial charge < -0.3 is 25.0 Å². The van der Waals surface area contributed by atoms with Crippen LogP contribution in [0.15, 0.2) is 60.7 Å². The van der Waals surface area contributed by atoms with Gasteiger partial charge in [0.1, 0.15) is 35.1 Å². The minimum Gasteiger partial charge on any atom is -0.444 e. The van der Waals surface area contributed by atoms with E-state index < -0.39 is 86.7 Å². The fraction of sp³-hybridized carbons (Fsp3) is 0.513. The van der Waals surface area contributed by atoms with Crippen LogP contribution in [0, 0.1) is 11.7 Å². The molecule has 296 valence electrons. The Morgan fingerprint density at radius 1 is 1.02 bits per heavy atom. The predicted octanol–water partition coefficient (Wildman–Crippen LogP) is 4.18. The van der Waals surface area contributed by atoms with Gasteiger partial charge >= 0.3 is 12.2 Å². The fourth-order valence-electron chi connectivity index (χ4n) is 7.40. The van der Waals surface area contributed by atoms with Crippen molar-refractivity contribution in [3.63, 3.8) is 0 Å². The van der Waals surface area contributed by atoms with Gasteiger partial charge in [-0.3, -0.25) is 24.0 Å². The number of ether oxygens (including phenoxy) is 2. The number of rotatable bonds is 6. The third-order valence-corrected chi connectivity index (χ3v) is 11.4. The Kier molecular flexibility index (Phi) is 11.6. The lowest BCUT2D eigenvalue weighted by Crippen LogP contribution is -2.58. The Balaban J connectivity index is 1.25. The van der Waals surface area contributed by atoms with E-state index in [1.54, 1.807) is 69.3 Å². The Morgan fingerprint density at radius 3 is 2.51 bits per heavy atom. The highest BCUT2D eigenvalue weighted by Gasteiger charge is 2.61. The predicted molar refractivity (Wildman–Crippen MR) is 198 cm³/mol. The third-order valence-electron chi connectivity index (χ3n) is 10.2. The molecule has 1 saturated heterocycles. The molecule has 3 aliphatic heterocycles. The molecular formula is C39H48FN5O9S. The van der Waals surface area contributed by atoms with Crippen molar-refractivity contribution in [2.75, 3.05) is 6.54 Å². The lowest BCUT2D eigenvalue weighted by atomic mass is 10.0. The van der Waals surface area contributed by atoms with Crippen LogP contribution in [0.4, 0.5) is 14.0 Å². The number of amides is 5. The maximum Gasteiger partial charge on any atom is 0.410 e. The summed E-state index contributed by atoms with van der Waals surface area (Å²) in [5.74, 6) is -3.68. The van der Waals surface area contributed by atoms with Gasteiger partial charge in [-0.15, -0.1) is 0 Å². The molecule has 0 spiro atoms. The molecule has 6 rings (SSSR count). The molecule has 14 nitrogen and oxygen atoms in total. The first-order valence-corrected chi connectivity index (χ1v) is 20.3. The van der Waals surface area contributed by atoms with Crippen LogP contribution >= 0.6 is 0 Å². The lowest BCUT2D eigenvalue weighted by molar-refractivity contribution is -0.141. The highest BCUT2D eigenvalue weighted by atomic mass is 32.2. The molecule has 1 saturated carbocycles. The smallest absolute Gasteiger partial charge is 0.410 e. The van der Waals surface area contributed by atoms with Gasteiger partial charge in [-0.05, 0) is 63.6 Å². The number of benzene rings is 2. The summed E-state index contributed by atoms with van der Waals surface area (Å²) in [6.45, 7) is 4.97. The average Bonchev–Trinajstić information content (AvgIpc) is 3.40. The van der Waals surface area contributed by atoms with Crippen LogP contribution in [-0.4, -0.2) is 84.0 Å². The Hall–Kier alpha value is -4.99. The molecule has 0 aromatic heterocycles. The molecule has 4 aliphatic rings. The van der Waals surface area contributed by atoms with Crippen LogP contribution in [0.2, 0.25) is 0 Å². The van der Waals surface area contributed by atoms with Crippen molar-refractivity contribution in [2.24, 2.45) is 5.92 Å². The molecule has 3 N–H and O–H groups in total. The third kappa shape index (κ3) is 9.64. The van der Waals surface area contributed by atoms with Crippen molar-refractivity contribution in [3.05, 3.63) is 83.2 Å². The van der Waals surface area contributed by atoms with E-state index in [2.05, 4.69) is 15.4 Å². The minimum absolute atomic E-state index is 0.0122. The van der Waals surface area contributed by atoms with E-state index in [0.717, 1.165) is 6.42 Å². The van der Waals surface area contributed by atoms with E-state index in [9.17, 15) is 36.8 Å². The number of sulfonamides is 1. The number of allylic oxidation sites excluding steroid dienone is 1. The number of hydrogen-bond acceptors (Lipinski definition) is 9. The molecule has 2 aromatic carbocycles. The normalized spacial score (nSPS) is 25.7. The van der Waals surface area contributed by atoms with Crippen molar-refractivity contribution < 1.29 is 46.3 Å². The second-order valence-electron chi connectivity index (χ2n) is 15.7. The van der Waals surface area contributed by atoms with Crippen LogP contribution in [0.5, 0.6) is 0 Å². The molecule has 0 bridgehead atoms. The zero-order chi connectivity index (χ0) is 39.5. The van der Waals surface area contributed by atoms with Gasteiger partial charge in [-0.25, -0.2) is 22.4 Å². The summed E-state index contributed by atoms with van der Waals surface area (Å²) in [6, 6.07) is 10.6. The van der Waals surface area contributed by atoms with E-state index in [4.69, 9.17) is 9.47 Å². The highest BCUT2D eigenvalue weighted by molar-refractivity contribution is 7.89. The summed E-state index contributed by atoms with van der Waals surface area (Å²) >= 11 is 0. The van der Waals surface area contributed by atoms with Gasteiger partial charge in [0.05, 0.1) is 18.8 Å². The SMILES string of the molecule is CC(C)(C)OC(=O)N[C@H]1CCCCCC=C[C@@H]2C[C@@]2(C(=O)NS(=O)(=O)Cc2ccccc2)NC(=O)[C@@H]2C[C@@H](OC(=O)N3Cc4cccc(F)c4C3)CN2C1=O. The molecule has 3 heterocycles. The van der Waals surface area contributed by atoms with Crippen molar-refractivity contribution in [2.45, 2.75) is 114 Å². The highest BCUT2D eigenvalue weighted by Crippen LogP contribution is 2.46. The number of carbonyl (C=O) groups is 5. The van der Waals surface area contributed by atoms with Crippen LogP contribution in [0.3, 0.4) is 0 Å². The molecule has 55 heavy (non-hydrogen) atoms. The van der Waals surface area contributed by atoms with Crippen molar-refractivity contribution in [1.29, 1.82) is 0 Å². The van der Waals surface area contributed by atoms with E-state index in [-0.39, 0.29) is 38.9 Å². The van der Waals surface area contributed by atoms with Crippen LogP contribution in [0.25, 0.3) is 0 Å². The maximum atomic E-state index is 14.5. The molecule has 16 heteroatoms. The van der Waals surface area contributed by atoms with E-state index in [1.165, 1.54) is 15.9 Å². The fourth-order valence-corrected chi connectivity index (χ4v) is 8.57. The average molecular weight is 782 g/mol. The Morgan fingerprint density at radius 2 is 1.78 bits per heavy atom. The van der Waals surface area contributed by atoms with Gasteiger partial charge in [0.25, 0.3) is 5.91 Å². The molecule has 0 unspecified atom stereocenters. The first-order chi connectivity index (χ1) is 26.0. The van der Waals surface area contributed by atoms with Crippen molar-refractivity contribution in [1.82, 2.24) is 25.2 Å². The maximum absolute atomic E-state index is 14.5. The molecule has 2 aromatic rings. The number of nitrogens with one attached hydrogen (secondary N) is 3. The second-order valence-corrected chi connectivity index (χ2v) is 17.4. The molecule has 2 fully saturated rings. The summed E-state index contributed by atoms with van der Waals surface area (Å²) in [7, 11) is -4.17. The number of alkyl carbamates (subject to hydrolysis) is 1. The van der Waals surface area contributed by atoms with E-state index in [1.807, 2.05) is 6.08 Å². The molecular weight excluding hydrogens is 734 g/mol. The number of nitrogens with zero attached hydrogens (tertiary/aromatic N) is 2. The van der Waals surface area contributed by atoms with Gasteiger partial charge in [-0.1, -0.05) is 67.5 Å². The van der Waals surface area contributed by atoms with Crippen LogP contribution < -0.4 is 15.4 Å². The Labute approximate surface area is 320 Å². The minimum atomic E-state index is -4.17. The zero-order valence-electron chi connectivity index (χ0n) is 31.2. The van der Waals surface area contributed by atoms with Crippen LogP contribution in [0.1, 0.15) is 82.4 Å². The Bertz CT molecular complexity index is 1950. The lowest BCUT2D eigenvalue weighted by Gasteiger charge is -2.30. The molecule has 1 aliphatic carbocycles. The number of hydrogen-bond donors (Lipinski definition) is 3. The van der Waals surface area contributed by atoms with Gasteiger partial charge in [-0.2, -0.15) is 0 Å². The zero-order valence-corrected chi connectivity index (χ0v) is 32.0. The molecule has 0 radical (unpaired) electrons. The topological polar surface area (TPSA) is 181 Å². The summed E-state index contributed by atoms with van der Waals surface area (Å²) in [4.78, 5) is 71.4. The first kappa shape index (κ1) is 39.7. The second kappa shape index (κ2) is 16.0. The first-order valence-electron chi connectivity index (χ1n) is 18.6.